The minimum Gasteiger partial charge on any atom is -0.292 e. The highest BCUT2D eigenvalue weighted by Gasteiger charge is 2.17. The van der Waals surface area contributed by atoms with Gasteiger partial charge in [0.25, 0.3) is 5.56 Å². The van der Waals surface area contributed by atoms with Crippen LogP contribution in [0.1, 0.15) is 41.3 Å². The van der Waals surface area contributed by atoms with Gasteiger partial charge in [-0.25, -0.2) is 4.98 Å². The fourth-order valence-electron chi connectivity index (χ4n) is 3.62. The van der Waals surface area contributed by atoms with Crippen LogP contribution in [0.25, 0.3) is 20.7 Å². The minimum absolute atomic E-state index is 0.00790. The summed E-state index contributed by atoms with van der Waals surface area (Å²) in [5.74, 6) is -0.0866. The number of unbranched alkanes of at least 4 members (excludes halogenated alkanes) is 1. The Hall–Kier alpha value is -3.05. The van der Waals surface area contributed by atoms with E-state index >= 15 is 0 Å². The molecule has 0 bridgehead atoms. The Morgan fingerprint density at radius 2 is 1.80 bits per heavy atom. The molecule has 152 valence electrons. The number of nitrogens with zero attached hydrogens (tertiary/aromatic N) is 2. The van der Waals surface area contributed by atoms with Crippen molar-refractivity contribution in [1.29, 1.82) is 0 Å². The number of carbonyl (C=O) groups is 1. The van der Waals surface area contributed by atoms with Crippen LogP contribution in [-0.4, -0.2) is 15.3 Å². The molecule has 0 N–H and O–H groups in total. The molecule has 0 aliphatic heterocycles. The van der Waals surface area contributed by atoms with Crippen molar-refractivity contribution < 1.29 is 4.79 Å². The van der Waals surface area contributed by atoms with Crippen LogP contribution in [0.3, 0.4) is 0 Å². The van der Waals surface area contributed by atoms with Gasteiger partial charge in [-0.15, -0.1) is 11.3 Å². The molecule has 5 heteroatoms. The number of fused-ring (bicyclic) bond motifs is 1. The first-order valence-electron chi connectivity index (χ1n) is 10.2. The molecular weight excluding hydrogens is 392 g/mol. The lowest BCUT2D eigenvalue weighted by Gasteiger charge is -2.06. The Bertz CT molecular complexity index is 1240. The molecule has 0 amide bonds. The first-order valence-corrected chi connectivity index (χ1v) is 11.1. The predicted molar refractivity (Wildman–Crippen MR) is 123 cm³/mol. The number of aromatic nitrogens is 2. The van der Waals surface area contributed by atoms with Crippen molar-refractivity contribution >= 4 is 27.3 Å². The number of aryl methyl sites for hydroxylation is 2. The van der Waals surface area contributed by atoms with E-state index < -0.39 is 0 Å². The molecule has 0 unspecified atom stereocenters. The second-order valence-corrected chi connectivity index (χ2v) is 8.50. The van der Waals surface area contributed by atoms with Gasteiger partial charge < -0.3 is 0 Å². The summed E-state index contributed by atoms with van der Waals surface area (Å²) in [5.41, 5.74) is 3.68. The van der Waals surface area contributed by atoms with E-state index in [1.165, 1.54) is 27.8 Å². The van der Waals surface area contributed by atoms with E-state index in [0.29, 0.717) is 15.8 Å². The lowest BCUT2D eigenvalue weighted by Crippen LogP contribution is -2.24. The summed E-state index contributed by atoms with van der Waals surface area (Å²) in [6.45, 7) is 4.11. The number of ketones is 1. The summed E-state index contributed by atoms with van der Waals surface area (Å²) in [5, 5.41) is 0.601. The molecule has 0 aliphatic carbocycles. The number of hydrogen-bond acceptors (Lipinski definition) is 4. The van der Waals surface area contributed by atoms with Gasteiger partial charge in [0.2, 0.25) is 0 Å². The Kier molecular flexibility index (Phi) is 5.91. The van der Waals surface area contributed by atoms with E-state index in [0.717, 1.165) is 35.3 Å². The van der Waals surface area contributed by atoms with Gasteiger partial charge in [-0.1, -0.05) is 67.9 Å². The van der Waals surface area contributed by atoms with Gasteiger partial charge in [0.15, 0.2) is 5.78 Å². The fourth-order valence-corrected chi connectivity index (χ4v) is 4.77. The summed E-state index contributed by atoms with van der Waals surface area (Å²) in [7, 11) is 0. The molecule has 2 aromatic heterocycles. The van der Waals surface area contributed by atoms with E-state index in [1.807, 2.05) is 61.5 Å². The maximum Gasteiger partial charge on any atom is 0.262 e. The number of carbonyl (C=O) groups excluding carboxylic acids is 1. The van der Waals surface area contributed by atoms with E-state index in [2.05, 4.69) is 11.9 Å². The smallest absolute Gasteiger partial charge is 0.262 e. The van der Waals surface area contributed by atoms with Crippen molar-refractivity contribution in [3.8, 4) is 10.4 Å². The van der Waals surface area contributed by atoms with Gasteiger partial charge in [0.05, 0.1) is 18.3 Å². The molecule has 2 aromatic carbocycles. The number of thiophene rings is 1. The Morgan fingerprint density at radius 1 is 1.07 bits per heavy atom. The number of rotatable bonds is 7. The quantitative estimate of drug-likeness (QED) is 0.365. The average molecular weight is 417 g/mol. The largest absolute Gasteiger partial charge is 0.292 e. The standard InChI is InChI=1S/C25H24N2O2S/c1-3-4-8-18-11-13-19(14-12-18)21(28)15-27-16-26-24-22(25(27)29)17(2)23(30-24)20-9-6-5-7-10-20/h5-7,9-14,16H,3-4,8,15H2,1-2H3. The number of hydrogen-bond donors (Lipinski definition) is 0. The van der Waals surface area contributed by atoms with Crippen molar-refractivity contribution in [3.63, 3.8) is 0 Å². The van der Waals surface area contributed by atoms with Gasteiger partial charge in [-0.05, 0) is 36.5 Å². The van der Waals surface area contributed by atoms with Gasteiger partial charge in [-0.3, -0.25) is 14.2 Å². The van der Waals surface area contributed by atoms with Crippen LogP contribution in [0.15, 0.2) is 65.7 Å². The van der Waals surface area contributed by atoms with Crippen LogP contribution < -0.4 is 5.56 Å². The molecule has 0 atom stereocenters. The molecule has 0 radical (unpaired) electrons. The van der Waals surface area contributed by atoms with Crippen molar-refractivity contribution in [2.75, 3.05) is 0 Å². The van der Waals surface area contributed by atoms with Crippen LogP contribution in [0.2, 0.25) is 0 Å². The van der Waals surface area contributed by atoms with Crippen LogP contribution in [-0.2, 0) is 13.0 Å². The Morgan fingerprint density at radius 3 is 2.50 bits per heavy atom. The normalized spacial score (nSPS) is 11.1. The van der Waals surface area contributed by atoms with Crippen molar-refractivity contribution in [2.24, 2.45) is 0 Å². The molecule has 4 rings (SSSR count). The van der Waals surface area contributed by atoms with Gasteiger partial charge >= 0.3 is 0 Å². The lowest BCUT2D eigenvalue weighted by atomic mass is 10.0. The third-order valence-electron chi connectivity index (χ3n) is 5.36. The molecule has 0 aliphatic rings. The summed E-state index contributed by atoms with van der Waals surface area (Å²) >= 11 is 1.51. The third-order valence-corrected chi connectivity index (χ3v) is 6.61. The first-order chi connectivity index (χ1) is 14.6. The lowest BCUT2D eigenvalue weighted by molar-refractivity contribution is 0.0970. The van der Waals surface area contributed by atoms with Crippen LogP contribution in [0.4, 0.5) is 0 Å². The molecule has 4 nitrogen and oxygen atoms in total. The summed E-state index contributed by atoms with van der Waals surface area (Å²) < 4.78 is 1.42. The van der Waals surface area contributed by atoms with Crippen molar-refractivity contribution in [3.05, 3.63) is 88.0 Å². The zero-order valence-corrected chi connectivity index (χ0v) is 18.0. The highest BCUT2D eigenvalue weighted by Crippen LogP contribution is 2.35. The molecule has 30 heavy (non-hydrogen) atoms. The summed E-state index contributed by atoms with van der Waals surface area (Å²) in [4.78, 5) is 32.1. The average Bonchev–Trinajstić information content (AvgIpc) is 3.12. The highest BCUT2D eigenvalue weighted by atomic mass is 32.1. The van der Waals surface area contributed by atoms with E-state index in [-0.39, 0.29) is 17.9 Å². The van der Waals surface area contributed by atoms with Crippen molar-refractivity contribution in [1.82, 2.24) is 9.55 Å². The van der Waals surface area contributed by atoms with Crippen LogP contribution in [0.5, 0.6) is 0 Å². The zero-order chi connectivity index (χ0) is 21.1. The maximum absolute atomic E-state index is 13.1. The Balaban J connectivity index is 1.62. The molecule has 4 aromatic rings. The summed E-state index contributed by atoms with van der Waals surface area (Å²) in [6, 6.07) is 17.7. The first kappa shape index (κ1) is 20.2. The highest BCUT2D eigenvalue weighted by molar-refractivity contribution is 7.22. The number of benzene rings is 2. The van der Waals surface area contributed by atoms with Crippen LogP contribution in [0, 0.1) is 6.92 Å². The van der Waals surface area contributed by atoms with Crippen molar-refractivity contribution in [2.45, 2.75) is 39.7 Å². The molecule has 0 fully saturated rings. The molecular formula is C25H24N2O2S. The fraction of sp³-hybridized carbons (Fsp3) is 0.240. The monoisotopic (exact) mass is 416 g/mol. The topological polar surface area (TPSA) is 52.0 Å². The van der Waals surface area contributed by atoms with Gasteiger partial charge in [0, 0.05) is 10.4 Å². The van der Waals surface area contributed by atoms with E-state index in [1.54, 1.807) is 0 Å². The summed E-state index contributed by atoms with van der Waals surface area (Å²) in [6.07, 6.45) is 4.79. The molecule has 0 spiro atoms. The third kappa shape index (κ3) is 3.98. The SMILES string of the molecule is CCCCc1ccc(C(=O)Cn2cnc3sc(-c4ccccc4)c(C)c3c2=O)cc1. The zero-order valence-electron chi connectivity index (χ0n) is 17.2. The van der Waals surface area contributed by atoms with E-state index in [9.17, 15) is 9.59 Å². The second kappa shape index (κ2) is 8.76. The van der Waals surface area contributed by atoms with Gasteiger partial charge in [0.1, 0.15) is 4.83 Å². The molecule has 0 saturated carbocycles. The Labute approximate surface area is 179 Å². The number of Topliss-reactive ketones (excluding diaryl/α,β-unsaturated/α-hetero) is 1. The van der Waals surface area contributed by atoms with Crippen LogP contribution >= 0.6 is 11.3 Å². The molecule has 2 heterocycles. The van der Waals surface area contributed by atoms with E-state index in [4.69, 9.17) is 0 Å². The minimum atomic E-state index is -0.163. The second-order valence-electron chi connectivity index (χ2n) is 7.50. The van der Waals surface area contributed by atoms with Gasteiger partial charge in [-0.2, -0.15) is 0 Å². The maximum atomic E-state index is 13.1. The molecule has 0 saturated heterocycles. The predicted octanol–water partition coefficient (Wildman–Crippen LogP) is 5.66.